The van der Waals surface area contributed by atoms with Gasteiger partial charge >= 0.3 is 0 Å². The van der Waals surface area contributed by atoms with Crippen molar-refractivity contribution in [3.8, 4) is 0 Å². The summed E-state index contributed by atoms with van der Waals surface area (Å²) in [5, 5.41) is 2.19. The van der Waals surface area contributed by atoms with Crippen LogP contribution in [0.3, 0.4) is 0 Å². The topological polar surface area (TPSA) is 92.5 Å². The molecule has 1 aromatic carbocycles. The van der Waals surface area contributed by atoms with Crippen molar-refractivity contribution in [2.75, 3.05) is 5.73 Å². The summed E-state index contributed by atoms with van der Waals surface area (Å²) >= 11 is 5.25. The van der Waals surface area contributed by atoms with Crippen molar-refractivity contribution < 1.29 is 18.8 Å². The van der Waals surface area contributed by atoms with Gasteiger partial charge in [0.25, 0.3) is 11.8 Å². The van der Waals surface area contributed by atoms with E-state index in [4.69, 9.17) is 18.0 Å². The Balaban J connectivity index is 2.12. The van der Waals surface area contributed by atoms with Crippen molar-refractivity contribution in [1.29, 1.82) is 0 Å². The molecule has 1 aromatic rings. The maximum atomic E-state index is 14.0. The zero-order valence-corrected chi connectivity index (χ0v) is 12.4. The van der Waals surface area contributed by atoms with E-state index in [1.165, 1.54) is 13.0 Å². The molecule has 0 saturated carbocycles. The number of imide groups is 1. The van der Waals surface area contributed by atoms with Crippen molar-refractivity contribution in [3.63, 3.8) is 0 Å². The largest absolute Gasteiger partial charge is 0.398 e. The minimum absolute atomic E-state index is 0.00370. The molecule has 114 valence electrons. The molecule has 3 rings (SSSR count). The van der Waals surface area contributed by atoms with Gasteiger partial charge in [0.05, 0.1) is 5.56 Å². The fraction of sp³-hybridized carbons (Fsp3) is 0.286. The summed E-state index contributed by atoms with van der Waals surface area (Å²) in [6.07, 6.45) is 0.183. The van der Waals surface area contributed by atoms with Crippen LogP contribution in [-0.2, 0) is 9.59 Å². The number of rotatable bonds is 1. The molecular weight excluding hydrogens is 309 g/mol. The molecular formula is C14H12FN3O3S. The first kappa shape index (κ1) is 14.6. The van der Waals surface area contributed by atoms with Gasteiger partial charge in [-0.05, 0) is 25.5 Å². The van der Waals surface area contributed by atoms with Gasteiger partial charge in [-0.1, -0.05) is 12.2 Å². The van der Waals surface area contributed by atoms with Crippen LogP contribution in [0.4, 0.5) is 10.1 Å². The molecule has 1 saturated heterocycles. The lowest BCUT2D eigenvalue weighted by molar-refractivity contribution is -0.140. The van der Waals surface area contributed by atoms with Crippen LogP contribution < -0.4 is 11.1 Å². The highest BCUT2D eigenvalue weighted by Gasteiger charge is 2.52. The highest BCUT2D eigenvalue weighted by atomic mass is 32.1. The molecule has 3 amide bonds. The second kappa shape index (κ2) is 4.57. The van der Waals surface area contributed by atoms with Crippen LogP contribution in [0.2, 0.25) is 0 Å². The molecule has 0 radical (unpaired) electrons. The van der Waals surface area contributed by atoms with Crippen molar-refractivity contribution >= 4 is 40.6 Å². The van der Waals surface area contributed by atoms with Gasteiger partial charge < -0.3 is 5.73 Å². The third-order valence-electron chi connectivity index (χ3n) is 4.10. The molecule has 3 N–H and O–H groups in total. The van der Waals surface area contributed by atoms with Gasteiger partial charge in [0.15, 0.2) is 0 Å². The van der Waals surface area contributed by atoms with E-state index in [1.807, 2.05) is 0 Å². The first-order chi connectivity index (χ1) is 10.3. The van der Waals surface area contributed by atoms with E-state index >= 15 is 0 Å². The van der Waals surface area contributed by atoms with E-state index < -0.39 is 29.1 Å². The minimum Gasteiger partial charge on any atom is -0.398 e. The van der Waals surface area contributed by atoms with Crippen LogP contribution in [0.1, 0.15) is 35.7 Å². The number of nitrogen functional groups attached to an aromatic ring is 1. The molecule has 2 aliphatic heterocycles. The summed E-state index contributed by atoms with van der Waals surface area (Å²) < 4.78 is 14.0. The number of hydrogen-bond acceptors (Lipinski definition) is 5. The van der Waals surface area contributed by atoms with E-state index in [9.17, 15) is 18.8 Å². The molecule has 1 fully saturated rings. The SMILES string of the molecule is CC1(N2C(=O)c3c(F)ccc(N)c3C2=S)CCC(=O)NC1=O. The van der Waals surface area contributed by atoms with Gasteiger partial charge in [-0.3, -0.25) is 24.6 Å². The maximum Gasteiger partial charge on any atom is 0.263 e. The Morgan fingerprint density at radius 3 is 2.59 bits per heavy atom. The second-order valence-electron chi connectivity index (χ2n) is 5.48. The molecule has 0 bridgehead atoms. The standard InChI is InChI=1S/C14H12FN3O3S/c1-14(5-4-8(19)17-13(14)21)18-11(20)9-6(15)2-3-7(16)10(9)12(18)22/h2-3H,4-5,16H2,1H3,(H,17,19,21). The van der Waals surface area contributed by atoms with Crippen molar-refractivity contribution in [2.24, 2.45) is 0 Å². The number of carbonyl (C=O) groups is 3. The summed E-state index contributed by atoms with van der Waals surface area (Å²) in [6, 6.07) is 2.41. The Bertz CT molecular complexity index is 723. The van der Waals surface area contributed by atoms with Crippen LogP contribution in [0, 0.1) is 5.82 Å². The third-order valence-corrected chi connectivity index (χ3v) is 4.48. The quantitative estimate of drug-likeness (QED) is 0.452. The predicted octanol–water partition coefficient (Wildman–Crippen LogP) is 0.735. The molecule has 1 unspecified atom stereocenters. The lowest BCUT2D eigenvalue weighted by atomic mass is 9.89. The monoisotopic (exact) mass is 321 g/mol. The van der Waals surface area contributed by atoms with Gasteiger partial charge in [0.1, 0.15) is 16.3 Å². The highest BCUT2D eigenvalue weighted by molar-refractivity contribution is 7.80. The summed E-state index contributed by atoms with van der Waals surface area (Å²) in [5.41, 5.74) is 4.53. The number of amides is 3. The number of anilines is 1. The average Bonchev–Trinajstić information content (AvgIpc) is 2.72. The Morgan fingerprint density at radius 1 is 1.32 bits per heavy atom. The van der Waals surface area contributed by atoms with E-state index in [1.54, 1.807) is 0 Å². The first-order valence-corrected chi connectivity index (χ1v) is 6.99. The number of benzene rings is 1. The molecule has 1 atom stereocenters. The normalized spacial score (nSPS) is 24.5. The van der Waals surface area contributed by atoms with Gasteiger partial charge in [-0.25, -0.2) is 4.39 Å². The van der Waals surface area contributed by atoms with Gasteiger partial charge in [-0.2, -0.15) is 0 Å². The lowest BCUT2D eigenvalue weighted by Crippen LogP contribution is -2.62. The van der Waals surface area contributed by atoms with Crippen LogP contribution in [0.5, 0.6) is 0 Å². The Hall–Kier alpha value is -2.35. The Labute approximate surface area is 130 Å². The molecule has 6 nitrogen and oxygen atoms in total. The van der Waals surface area contributed by atoms with Crippen molar-refractivity contribution in [2.45, 2.75) is 25.3 Å². The lowest BCUT2D eigenvalue weighted by Gasteiger charge is -2.39. The average molecular weight is 321 g/mol. The second-order valence-corrected chi connectivity index (χ2v) is 5.87. The molecule has 2 aliphatic rings. The van der Waals surface area contributed by atoms with Crippen molar-refractivity contribution in [1.82, 2.24) is 10.2 Å². The number of carbonyl (C=O) groups excluding carboxylic acids is 3. The highest BCUT2D eigenvalue weighted by Crippen LogP contribution is 2.37. The number of halogens is 1. The van der Waals surface area contributed by atoms with Crippen molar-refractivity contribution in [3.05, 3.63) is 29.1 Å². The first-order valence-electron chi connectivity index (χ1n) is 6.58. The zero-order chi connectivity index (χ0) is 16.2. The number of piperidine rings is 1. The van der Waals surface area contributed by atoms with E-state index in [0.717, 1.165) is 11.0 Å². The Morgan fingerprint density at radius 2 is 2.00 bits per heavy atom. The number of nitrogens with one attached hydrogen (secondary N) is 1. The van der Waals surface area contributed by atoms with E-state index in [0.29, 0.717) is 0 Å². The smallest absolute Gasteiger partial charge is 0.263 e. The predicted molar refractivity (Wildman–Crippen MR) is 79.5 cm³/mol. The fourth-order valence-electron chi connectivity index (χ4n) is 2.80. The van der Waals surface area contributed by atoms with Gasteiger partial charge in [0, 0.05) is 17.7 Å². The molecule has 2 heterocycles. The molecule has 0 aromatic heterocycles. The summed E-state index contributed by atoms with van der Waals surface area (Å²) in [5.74, 6) is -2.50. The molecule has 0 spiro atoms. The minimum atomic E-state index is -1.35. The summed E-state index contributed by atoms with van der Waals surface area (Å²) in [4.78, 5) is 37.2. The number of thiocarbonyl (C=S) groups is 1. The number of nitrogens with zero attached hydrogens (tertiary/aromatic N) is 1. The zero-order valence-electron chi connectivity index (χ0n) is 11.6. The number of fused-ring (bicyclic) bond motifs is 1. The Kier molecular flexibility index (Phi) is 3.03. The molecule has 0 aliphatic carbocycles. The summed E-state index contributed by atoms with van der Waals surface area (Å²) in [6.45, 7) is 1.50. The molecule has 8 heteroatoms. The van der Waals surface area contributed by atoms with E-state index in [2.05, 4.69) is 5.32 Å². The maximum absolute atomic E-state index is 14.0. The van der Waals surface area contributed by atoms with Gasteiger partial charge in [-0.15, -0.1) is 0 Å². The van der Waals surface area contributed by atoms with E-state index in [-0.39, 0.29) is 34.6 Å². The number of nitrogens with two attached hydrogens (primary N) is 1. The van der Waals surface area contributed by atoms with Crippen LogP contribution in [0.15, 0.2) is 12.1 Å². The summed E-state index contributed by atoms with van der Waals surface area (Å²) in [7, 11) is 0. The fourth-order valence-corrected chi connectivity index (χ4v) is 3.31. The third kappa shape index (κ3) is 1.77. The van der Waals surface area contributed by atoms with Crippen LogP contribution >= 0.6 is 12.2 Å². The number of hydrogen-bond donors (Lipinski definition) is 2. The van der Waals surface area contributed by atoms with Crippen LogP contribution in [-0.4, -0.2) is 33.1 Å². The molecule has 22 heavy (non-hydrogen) atoms. The van der Waals surface area contributed by atoms with Gasteiger partial charge in [0.2, 0.25) is 5.91 Å². The van der Waals surface area contributed by atoms with Crippen LogP contribution in [0.25, 0.3) is 0 Å².